The summed E-state index contributed by atoms with van der Waals surface area (Å²) in [5, 5.41) is 9.39. The molecule has 1 heterocycles. The number of rotatable bonds is 11. The summed E-state index contributed by atoms with van der Waals surface area (Å²) in [5.74, 6) is -3.95. The number of methoxy groups -OCH3 is 1. The average Bonchev–Trinajstić information content (AvgIpc) is 3.38. The number of nitrogens with zero attached hydrogens (tertiary/aromatic N) is 1. The molecule has 0 spiro atoms. The number of ether oxygens (including phenoxy) is 4. The van der Waals surface area contributed by atoms with Gasteiger partial charge >= 0.3 is 24.0 Å². The Balaban J connectivity index is 2.18. The zero-order valence-electron chi connectivity index (χ0n) is 24.3. The first-order valence-electron chi connectivity index (χ1n) is 12.6. The number of nitrogens with one attached hydrogen (secondary N) is 3. The molecule has 3 atom stereocenters. The molecule has 0 saturated heterocycles. The smallest absolute Gasteiger partial charge is 0.412 e. The van der Waals surface area contributed by atoms with E-state index in [1.54, 1.807) is 45.0 Å². The lowest BCUT2D eigenvalue weighted by molar-refractivity contribution is -0.154. The van der Waals surface area contributed by atoms with Crippen LogP contribution in [0.5, 0.6) is 0 Å². The molecule has 3 N–H and O–H groups in total. The fraction of sp³-hybridized carbons (Fsp3) is 0.444. The fourth-order valence-corrected chi connectivity index (χ4v) is 4.15. The maximum Gasteiger partial charge on any atom is 0.412 e. The summed E-state index contributed by atoms with van der Waals surface area (Å²) in [4.78, 5) is 77.3. The van der Waals surface area contributed by atoms with Crippen molar-refractivity contribution in [2.75, 3.05) is 19.0 Å². The van der Waals surface area contributed by atoms with Crippen LogP contribution in [0.3, 0.4) is 0 Å². The summed E-state index contributed by atoms with van der Waals surface area (Å²) in [6, 6.07) is 3.86. The van der Waals surface area contributed by atoms with Gasteiger partial charge in [-0.05, 0) is 52.0 Å². The van der Waals surface area contributed by atoms with Crippen molar-refractivity contribution in [2.45, 2.75) is 65.3 Å². The lowest BCUT2D eigenvalue weighted by Crippen LogP contribution is -2.57. The van der Waals surface area contributed by atoms with Gasteiger partial charge in [0.05, 0.1) is 7.11 Å². The van der Waals surface area contributed by atoms with E-state index in [9.17, 15) is 28.8 Å². The lowest BCUT2D eigenvalue weighted by Gasteiger charge is -2.25. The van der Waals surface area contributed by atoms with E-state index in [1.807, 2.05) is 0 Å². The summed E-state index contributed by atoms with van der Waals surface area (Å²) in [7, 11) is 1.08. The number of esters is 3. The highest BCUT2D eigenvalue weighted by Crippen LogP contribution is 2.25. The molecule has 0 unspecified atom stereocenters. The highest BCUT2D eigenvalue weighted by Gasteiger charge is 2.34. The minimum absolute atomic E-state index is 0.0248. The van der Waals surface area contributed by atoms with Gasteiger partial charge in [0.25, 0.3) is 5.91 Å². The van der Waals surface area contributed by atoms with Gasteiger partial charge in [-0.3, -0.25) is 24.5 Å². The largest absolute Gasteiger partial charge is 0.467 e. The number of thiazole rings is 1. The Labute approximate surface area is 246 Å². The van der Waals surface area contributed by atoms with Crippen molar-refractivity contribution in [3.63, 3.8) is 0 Å². The van der Waals surface area contributed by atoms with Gasteiger partial charge in [0, 0.05) is 30.5 Å². The van der Waals surface area contributed by atoms with E-state index in [2.05, 4.69) is 25.7 Å². The number of hydrogen-bond acceptors (Lipinski definition) is 12. The summed E-state index contributed by atoms with van der Waals surface area (Å²) in [5.41, 5.74) is 0.477. The molecule has 0 aliphatic heterocycles. The molecule has 42 heavy (non-hydrogen) atoms. The van der Waals surface area contributed by atoms with E-state index in [0.29, 0.717) is 16.3 Å². The molecule has 228 valence electrons. The van der Waals surface area contributed by atoms with Crippen molar-refractivity contribution in [1.82, 2.24) is 15.6 Å². The van der Waals surface area contributed by atoms with Crippen LogP contribution < -0.4 is 16.0 Å². The van der Waals surface area contributed by atoms with Gasteiger partial charge < -0.3 is 29.6 Å². The first kappa shape index (κ1) is 33.7. The summed E-state index contributed by atoms with van der Waals surface area (Å²) in [6.45, 7) is 8.38. The Morgan fingerprint density at radius 3 is 2.17 bits per heavy atom. The molecule has 0 aliphatic carbocycles. The van der Waals surface area contributed by atoms with Gasteiger partial charge in [-0.1, -0.05) is 0 Å². The molecule has 2 rings (SSSR count). The van der Waals surface area contributed by atoms with Crippen LogP contribution in [0.25, 0.3) is 10.6 Å². The standard InChI is InChI=1S/C27H34N4O10S/c1-14(40-16(3)33)21(23(35)29-19(25(36)38-7)12-39-15(2)32)31-22(34)20-13-42-24(30-20)17-8-10-18(11-9-17)28-26(37)41-27(4,5)6/h8-11,13-14,19,21H,12H2,1-7H3,(H,28,37)(H,29,35)(H,31,34)/t14-,19-,21-/m0/s1. The van der Waals surface area contributed by atoms with Crippen LogP contribution in [0.2, 0.25) is 0 Å². The van der Waals surface area contributed by atoms with Crippen LogP contribution >= 0.6 is 11.3 Å². The SMILES string of the molecule is COC(=O)[C@H](COC(C)=O)NC(=O)[C@@H](NC(=O)c1csc(-c2ccc(NC(=O)OC(C)(C)C)cc2)n1)[C@H](C)OC(C)=O. The molecule has 14 nitrogen and oxygen atoms in total. The summed E-state index contributed by atoms with van der Waals surface area (Å²) < 4.78 is 19.8. The topological polar surface area (TPSA) is 188 Å². The molecule has 0 saturated carbocycles. The second-order valence-corrected chi connectivity index (χ2v) is 10.8. The van der Waals surface area contributed by atoms with Crippen LogP contribution in [0.4, 0.5) is 10.5 Å². The molecule has 1 aromatic carbocycles. The van der Waals surface area contributed by atoms with Crippen LogP contribution in [-0.2, 0) is 38.1 Å². The van der Waals surface area contributed by atoms with Crippen LogP contribution in [0.15, 0.2) is 29.6 Å². The fourth-order valence-electron chi connectivity index (χ4n) is 3.34. The van der Waals surface area contributed by atoms with Crippen molar-refractivity contribution in [3.8, 4) is 10.6 Å². The highest BCUT2D eigenvalue weighted by molar-refractivity contribution is 7.13. The number of anilines is 1. The van der Waals surface area contributed by atoms with Gasteiger partial charge in [0.15, 0.2) is 6.04 Å². The first-order valence-corrected chi connectivity index (χ1v) is 13.5. The second kappa shape index (κ2) is 14.9. The van der Waals surface area contributed by atoms with Crippen molar-refractivity contribution in [3.05, 3.63) is 35.3 Å². The number of carbonyl (C=O) groups excluding carboxylic acids is 6. The lowest BCUT2D eigenvalue weighted by atomic mass is 10.1. The third kappa shape index (κ3) is 10.8. The molecule has 3 amide bonds. The van der Waals surface area contributed by atoms with Crippen molar-refractivity contribution in [1.29, 1.82) is 0 Å². The second-order valence-electron chi connectivity index (χ2n) is 9.89. The summed E-state index contributed by atoms with van der Waals surface area (Å²) in [6.07, 6.45) is -1.75. The number of hydrogen-bond donors (Lipinski definition) is 3. The van der Waals surface area contributed by atoms with Crippen molar-refractivity contribution >= 4 is 52.8 Å². The van der Waals surface area contributed by atoms with Gasteiger partial charge in [0.2, 0.25) is 5.91 Å². The van der Waals surface area contributed by atoms with E-state index in [1.165, 1.54) is 12.3 Å². The maximum absolute atomic E-state index is 13.1. The number of amides is 3. The van der Waals surface area contributed by atoms with Gasteiger partial charge in [-0.25, -0.2) is 14.6 Å². The number of aromatic nitrogens is 1. The molecular formula is C27H34N4O10S. The Hall–Kier alpha value is -4.53. The Morgan fingerprint density at radius 1 is 0.976 bits per heavy atom. The van der Waals surface area contributed by atoms with E-state index >= 15 is 0 Å². The van der Waals surface area contributed by atoms with E-state index in [4.69, 9.17) is 14.2 Å². The Morgan fingerprint density at radius 2 is 1.62 bits per heavy atom. The monoisotopic (exact) mass is 606 g/mol. The average molecular weight is 607 g/mol. The van der Waals surface area contributed by atoms with Gasteiger partial charge in [0.1, 0.15) is 35.1 Å². The zero-order chi connectivity index (χ0) is 31.6. The van der Waals surface area contributed by atoms with Crippen molar-refractivity contribution in [2.24, 2.45) is 0 Å². The van der Waals surface area contributed by atoms with E-state index in [-0.39, 0.29) is 5.69 Å². The zero-order valence-corrected chi connectivity index (χ0v) is 25.1. The van der Waals surface area contributed by atoms with E-state index < -0.39 is 66.2 Å². The van der Waals surface area contributed by atoms with Gasteiger partial charge in [-0.15, -0.1) is 11.3 Å². The quantitative estimate of drug-likeness (QED) is 0.252. The highest BCUT2D eigenvalue weighted by atomic mass is 32.1. The molecule has 1 aromatic heterocycles. The molecule has 15 heteroatoms. The molecule has 0 radical (unpaired) electrons. The minimum atomic E-state index is -1.45. The van der Waals surface area contributed by atoms with Gasteiger partial charge in [-0.2, -0.15) is 0 Å². The Kier molecular flexibility index (Phi) is 12.0. The molecule has 0 fully saturated rings. The molecule has 0 bridgehead atoms. The third-order valence-corrected chi connectivity index (χ3v) is 6.05. The number of carbonyl (C=O) groups is 6. The summed E-state index contributed by atoms with van der Waals surface area (Å²) >= 11 is 1.16. The first-order chi connectivity index (χ1) is 19.6. The third-order valence-electron chi connectivity index (χ3n) is 5.16. The maximum atomic E-state index is 13.1. The van der Waals surface area contributed by atoms with Crippen LogP contribution in [0.1, 0.15) is 52.0 Å². The molecule has 0 aliphatic rings. The van der Waals surface area contributed by atoms with Crippen molar-refractivity contribution < 1.29 is 47.7 Å². The molecular weight excluding hydrogens is 572 g/mol. The normalized spacial score (nSPS) is 13.0. The van der Waals surface area contributed by atoms with Crippen LogP contribution in [-0.4, -0.2) is 78.3 Å². The number of benzene rings is 1. The Bertz CT molecular complexity index is 1300. The minimum Gasteiger partial charge on any atom is -0.467 e. The predicted molar refractivity (Wildman–Crippen MR) is 150 cm³/mol. The van der Waals surface area contributed by atoms with Crippen LogP contribution in [0, 0.1) is 0 Å². The van der Waals surface area contributed by atoms with E-state index in [0.717, 1.165) is 32.3 Å². The predicted octanol–water partition coefficient (Wildman–Crippen LogP) is 2.43. The molecule has 2 aromatic rings.